The highest BCUT2D eigenvalue weighted by Gasteiger charge is 2.27. The molecular formula is C29H29N3O5S2. The number of amides is 1. The van der Waals surface area contributed by atoms with Gasteiger partial charge in [0.05, 0.1) is 15.5 Å². The number of hydrogen-bond donors (Lipinski definition) is 2. The molecule has 8 nitrogen and oxygen atoms in total. The van der Waals surface area contributed by atoms with E-state index in [-0.39, 0.29) is 9.79 Å². The summed E-state index contributed by atoms with van der Waals surface area (Å²) >= 11 is 0. The zero-order valence-electron chi connectivity index (χ0n) is 21.7. The Kier molecular flexibility index (Phi) is 8.08. The number of hydrogen-bond acceptors (Lipinski definition) is 5. The highest BCUT2D eigenvalue weighted by atomic mass is 32.2. The largest absolute Gasteiger partial charge is 0.325 e. The molecule has 0 unspecified atom stereocenters. The van der Waals surface area contributed by atoms with Crippen LogP contribution < -0.4 is 14.3 Å². The summed E-state index contributed by atoms with van der Waals surface area (Å²) in [5.41, 5.74) is 4.04. The van der Waals surface area contributed by atoms with Gasteiger partial charge in [-0.05, 0) is 92.6 Å². The normalized spacial score (nSPS) is 11.6. The van der Waals surface area contributed by atoms with Crippen LogP contribution in [0.5, 0.6) is 0 Å². The molecule has 202 valence electrons. The van der Waals surface area contributed by atoms with Crippen molar-refractivity contribution in [3.8, 4) is 0 Å². The fraction of sp³-hybridized carbons (Fsp3) is 0.138. The van der Waals surface area contributed by atoms with Crippen molar-refractivity contribution in [3.63, 3.8) is 0 Å². The number of aryl methyl sites for hydroxylation is 3. The third kappa shape index (κ3) is 6.65. The van der Waals surface area contributed by atoms with E-state index >= 15 is 0 Å². The molecule has 0 saturated carbocycles. The maximum Gasteiger partial charge on any atom is 0.264 e. The van der Waals surface area contributed by atoms with Crippen molar-refractivity contribution in [1.29, 1.82) is 0 Å². The highest BCUT2D eigenvalue weighted by molar-refractivity contribution is 7.93. The Morgan fingerprint density at radius 3 is 1.90 bits per heavy atom. The summed E-state index contributed by atoms with van der Waals surface area (Å²) in [6, 6.07) is 25.7. The Morgan fingerprint density at radius 1 is 0.692 bits per heavy atom. The number of sulfonamides is 2. The predicted molar refractivity (Wildman–Crippen MR) is 154 cm³/mol. The fourth-order valence-corrected chi connectivity index (χ4v) is 6.28. The van der Waals surface area contributed by atoms with Crippen molar-refractivity contribution in [1.82, 2.24) is 0 Å². The molecule has 0 aliphatic rings. The lowest BCUT2D eigenvalue weighted by molar-refractivity contribution is -0.114. The molecule has 10 heteroatoms. The lowest BCUT2D eigenvalue weighted by atomic mass is 10.1. The van der Waals surface area contributed by atoms with Crippen molar-refractivity contribution in [3.05, 3.63) is 114 Å². The van der Waals surface area contributed by atoms with Gasteiger partial charge in [0.25, 0.3) is 20.0 Å². The van der Waals surface area contributed by atoms with Crippen molar-refractivity contribution < 1.29 is 21.6 Å². The molecule has 0 aromatic heterocycles. The van der Waals surface area contributed by atoms with E-state index in [1.807, 2.05) is 26.8 Å². The first-order valence-electron chi connectivity index (χ1n) is 12.1. The number of anilines is 3. The van der Waals surface area contributed by atoms with Crippen molar-refractivity contribution in [2.75, 3.05) is 20.9 Å². The minimum Gasteiger partial charge on any atom is -0.325 e. The third-order valence-corrected chi connectivity index (χ3v) is 9.33. The first kappa shape index (κ1) is 27.9. The lowest BCUT2D eigenvalue weighted by Gasteiger charge is -2.24. The molecular weight excluding hydrogens is 534 g/mol. The number of nitrogens with one attached hydrogen (secondary N) is 2. The molecule has 4 rings (SSSR count). The second-order valence-electron chi connectivity index (χ2n) is 9.14. The zero-order valence-corrected chi connectivity index (χ0v) is 23.4. The number of carbonyl (C=O) groups excluding carboxylic acids is 1. The van der Waals surface area contributed by atoms with Crippen LogP contribution in [0.4, 0.5) is 17.1 Å². The van der Waals surface area contributed by atoms with Gasteiger partial charge in [-0.2, -0.15) is 0 Å². The first-order chi connectivity index (χ1) is 18.5. The van der Waals surface area contributed by atoms with E-state index in [9.17, 15) is 21.6 Å². The summed E-state index contributed by atoms with van der Waals surface area (Å²) in [5.74, 6) is -0.585. The average Bonchev–Trinajstić information content (AvgIpc) is 2.90. The van der Waals surface area contributed by atoms with Gasteiger partial charge in [-0.15, -0.1) is 0 Å². The number of rotatable bonds is 9. The van der Waals surface area contributed by atoms with Gasteiger partial charge in [-0.25, -0.2) is 16.8 Å². The van der Waals surface area contributed by atoms with Gasteiger partial charge in [-0.1, -0.05) is 42.0 Å². The second-order valence-corrected chi connectivity index (χ2v) is 12.7. The fourth-order valence-electron chi connectivity index (χ4n) is 3.81. The summed E-state index contributed by atoms with van der Waals surface area (Å²) in [6.07, 6.45) is 0. The van der Waals surface area contributed by atoms with Crippen LogP contribution in [0.1, 0.15) is 16.7 Å². The minimum absolute atomic E-state index is 0.0200. The number of benzene rings is 4. The molecule has 4 aromatic rings. The molecule has 0 saturated heterocycles. The molecule has 0 aliphatic carbocycles. The number of para-hydroxylation sites is 1. The zero-order chi connectivity index (χ0) is 28.2. The minimum atomic E-state index is -4.04. The van der Waals surface area contributed by atoms with Gasteiger partial charge < -0.3 is 5.32 Å². The summed E-state index contributed by atoms with van der Waals surface area (Å²) < 4.78 is 56.1. The Hall–Kier alpha value is -4.15. The average molecular weight is 564 g/mol. The van der Waals surface area contributed by atoms with Crippen LogP contribution in [0.2, 0.25) is 0 Å². The smallest absolute Gasteiger partial charge is 0.264 e. The summed E-state index contributed by atoms with van der Waals surface area (Å²) in [6.45, 7) is 5.22. The molecule has 4 aromatic carbocycles. The molecule has 39 heavy (non-hydrogen) atoms. The summed E-state index contributed by atoms with van der Waals surface area (Å²) in [4.78, 5) is 13.0. The van der Waals surface area contributed by atoms with Crippen LogP contribution in [0.25, 0.3) is 0 Å². The first-order valence-corrected chi connectivity index (χ1v) is 15.0. The Labute approximate surface area is 229 Å². The molecule has 0 atom stereocenters. The predicted octanol–water partition coefficient (Wildman–Crippen LogP) is 5.25. The van der Waals surface area contributed by atoms with Crippen LogP contribution in [0, 0.1) is 20.8 Å². The molecule has 0 aliphatic heterocycles. The summed E-state index contributed by atoms with van der Waals surface area (Å²) in [7, 11) is -7.88. The molecule has 2 N–H and O–H groups in total. The molecule has 0 bridgehead atoms. The van der Waals surface area contributed by atoms with Crippen LogP contribution in [-0.2, 0) is 24.8 Å². The Balaban J connectivity index is 1.51. The Morgan fingerprint density at radius 2 is 1.28 bits per heavy atom. The van der Waals surface area contributed by atoms with E-state index in [2.05, 4.69) is 10.0 Å². The Bertz CT molecular complexity index is 1690. The maximum absolute atomic E-state index is 13.4. The topological polar surface area (TPSA) is 113 Å². The van der Waals surface area contributed by atoms with E-state index in [0.717, 1.165) is 21.0 Å². The van der Waals surface area contributed by atoms with E-state index in [4.69, 9.17) is 0 Å². The quantitative estimate of drug-likeness (QED) is 0.289. The van der Waals surface area contributed by atoms with E-state index in [0.29, 0.717) is 17.1 Å². The van der Waals surface area contributed by atoms with Crippen molar-refractivity contribution in [2.24, 2.45) is 0 Å². The monoisotopic (exact) mass is 563 g/mol. The van der Waals surface area contributed by atoms with Gasteiger partial charge in [0.1, 0.15) is 6.54 Å². The van der Waals surface area contributed by atoms with Gasteiger partial charge in [0, 0.05) is 11.4 Å². The summed E-state index contributed by atoms with van der Waals surface area (Å²) in [5, 5.41) is 2.66. The standard InChI is InChI=1S/C29H29N3O5S2/c1-21-9-15-28(16-10-21)39(36,37)32(26-7-5-4-6-8-26)20-29(33)30-24-13-17-27(18-14-24)38(34,35)31-25-12-11-22(2)23(3)19-25/h4-19,31H,20H2,1-3H3,(H,30,33). The molecule has 0 heterocycles. The number of nitrogens with zero attached hydrogens (tertiary/aromatic N) is 1. The van der Waals surface area contributed by atoms with Crippen molar-refractivity contribution >= 4 is 43.0 Å². The SMILES string of the molecule is Cc1ccc(S(=O)(=O)N(CC(=O)Nc2ccc(S(=O)(=O)Nc3ccc(C)c(C)c3)cc2)c2ccccc2)cc1. The van der Waals surface area contributed by atoms with Gasteiger partial charge in [0.2, 0.25) is 5.91 Å². The molecule has 0 fully saturated rings. The van der Waals surface area contributed by atoms with Gasteiger partial charge in [-0.3, -0.25) is 13.8 Å². The van der Waals surface area contributed by atoms with E-state index < -0.39 is 32.5 Å². The molecule has 0 spiro atoms. The second kappa shape index (κ2) is 11.3. The maximum atomic E-state index is 13.4. The highest BCUT2D eigenvalue weighted by Crippen LogP contribution is 2.25. The van der Waals surface area contributed by atoms with E-state index in [1.165, 1.54) is 36.4 Å². The number of carbonyl (C=O) groups is 1. The van der Waals surface area contributed by atoms with Crippen LogP contribution in [0.3, 0.4) is 0 Å². The third-order valence-electron chi connectivity index (χ3n) is 6.15. The van der Waals surface area contributed by atoms with Crippen LogP contribution in [-0.4, -0.2) is 29.3 Å². The van der Waals surface area contributed by atoms with Gasteiger partial charge >= 0.3 is 0 Å². The van der Waals surface area contributed by atoms with E-state index in [1.54, 1.807) is 54.6 Å². The molecule has 0 radical (unpaired) electrons. The molecule has 1 amide bonds. The lowest BCUT2D eigenvalue weighted by Crippen LogP contribution is -2.38. The van der Waals surface area contributed by atoms with Crippen LogP contribution >= 0.6 is 0 Å². The van der Waals surface area contributed by atoms with Crippen molar-refractivity contribution in [2.45, 2.75) is 30.6 Å². The van der Waals surface area contributed by atoms with Gasteiger partial charge in [0.15, 0.2) is 0 Å². The van der Waals surface area contributed by atoms with Crippen LogP contribution in [0.15, 0.2) is 107 Å².